The van der Waals surface area contributed by atoms with Gasteiger partial charge in [0.25, 0.3) is 5.91 Å². The molecule has 0 aromatic heterocycles. The molecule has 0 bridgehead atoms. The monoisotopic (exact) mass is 315 g/mol. The molecule has 0 spiro atoms. The number of carbonyl (C=O) groups is 1. The molecule has 17 heavy (non-hydrogen) atoms. The van der Waals surface area contributed by atoms with Crippen molar-refractivity contribution in [1.29, 1.82) is 0 Å². The Morgan fingerprint density at radius 1 is 1.29 bits per heavy atom. The maximum absolute atomic E-state index is 12.1. The minimum atomic E-state index is -0.0359. The molecule has 1 aromatic rings. The van der Waals surface area contributed by atoms with Crippen molar-refractivity contribution in [1.82, 2.24) is 5.32 Å². The number of halogens is 2. The molecule has 1 aliphatic rings. The van der Waals surface area contributed by atoms with E-state index >= 15 is 0 Å². The van der Waals surface area contributed by atoms with Gasteiger partial charge in [0, 0.05) is 10.5 Å². The van der Waals surface area contributed by atoms with E-state index in [2.05, 4.69) is 21.2 Å². The van der Waals surface area contributed by atoms with Crippen LogP contribution in [0.2, 0.25) is 5.02 Å². The third-order valence-corrected chi connectivity index (χ3v) is 4.53. The predicted molar refractivity (Wildman–Crippen MR) is 73.5 cm³/mol. The topological polar surface area (TPSA) is 29.1 Å². The van der Waals surface area contributed by atoms with Gasteiger partial charge in [-0.15, -0.1) is 0 Å². The molecule has 1 aliphatic carbocycles. The summed E-state index contributed by atoms with van der Waals surface area (Å²) in [4.78, 5) is 12.1. The standard InChI is InChI=1S/C13H15BrClNO/c14-12-10(7-4-8-11(12)15)13(17)16-9-5-2-1-3-6-9/h4,7-9H,1-3,5-6H2,(H,16,17). The van der Waals surface area contributed by atoms with Gasteiger partial charge >= 0.3 is 0 Å². The zero-order valence-electron chi connectivity index (χ0n) is 9.51. The lowest BCUT2D eigenvalue weighted by atomic mass is 9.95. The summed E-state index contributed by atoms with van der Waals surface area (Å²) in [7, 11) is 0. The van der Waals surface area contributed by atoms with Crippen LogP contribution in [0.4, 0.5) is 0 Å². The molecule has 1 fully saturated rings. The molecule has 1 amide bonds. The first-order chi connectivity index (χ1) is 8.18. The van der Waals surface area contributed by atoms with Gasteiger partial charge in [-0.1, -0.05) is 36.9 Å². The highest BCUT2D eigenvalue weighted by molar-refractivity contribution is 9.10. The van der Waals surface area contributed by atoms with Crippen molar-refractivity contribution in [2.24, 2.45) is 0 Å². The van der Waals surface area contributed by atoms with Crippen LogP contribution in [0.25, 0.3) is 0 Å². The van der Waals surface area contributed by atoms with Gasteiger partial charge in [-0.3, -0.25) is 4.79 Å². The number of nitrogens with one attached hydrogen (secondary N) is 1. The second-order valence-corrected chi connectivity index (χ2v) is 5.61. The Bertz CT molecular complexity index is 416. The van der Waals surface area contributed by atoms with Gasteiger partial charge in [-0.25, -0.2) is 0 Å². The lowest BCUT2D eigenvalue weighted by Crippen LogP contribution is -2.36. The quantitative estimate of drug-likeness (QED) is 0.872. The molecule has 1 N–H and O–H groups in total. The third kappa shape index (κ3) is 3.23. The Labute approximate surface area is 115 Å². The highest BCUT2D eigenvalue weighted by atomic mass is 79.9. The van der Waals surface area contributed by atoms with Crippen molar-refractivity contribution in [3.05, 3.63) is 33.3 Å². The molecule has 0 atom stereocenters. The number of amides is 1. The summed E-state index contributed by atoms with van der Waals surface area (Å²) in [6.45, 7) is 0. The molecule has 0 saturated heterocycles. The Hall–Kier alpha value is -0.540. The zero-order valence-corrected chi connectivity index (χ0v) is 11.9. The van der Waals surface area contributed by atoms with E-state index in [-0.39, 0.29) is 5.91 Å². The number of hydrogen-bond acceptors (Lipinski definition) is 1. The number of rotatable bonds is 2. The van der Waals surface area contributed by atoms with E-state index in [0.717, 1.165) is 12.8 Å². The van der Waals surface area contributed by atoms with Crippen molar-refractivity contribution < 1.29 is 4.79 Å². The largest absolute Gasteiger partial charge is 0.349 e. The van der Waals surface area contributed by atoms with Crippen LogP contribution < -0.4 is 5.32 Å². The van der Waals surface area contributed by atoms with E-state index < -0.39 is 0 Å². The first-order valence-electron chi connectivity index (χ1n) is 5.93. The third-order valence-electron chi connectivity index (χ3n) is 3.14. The average molecular weight is 317 g/mol. The molecule has 4 heteroatoms. The van der Waals surface area contributed by atoms with Gasteiger partial charge in [0.1, 0.15) is 0 Å². The summed E-state index contributed by atoms with van der Waals surface area (Å²) >= 11 is 9.33. The summed E-state index contributed by atoms with van der Waals surface area (Å²) in [6.07, 6.45) is 5.88. The minimum absolute atomic E-state index is 0.0359. The summed E-state index contributed by atoms with van der Waals surface area (Å²) in [5.74, 6) is -0.0359. The minimum Gasteiger partial charge on any atom is -0.349 e. The molecule has 2 nitrogen and oxygen atoms in total. The summed E-state index contributed by atoms with van der Waals surface area (Å²) in [6, 6.07) is 5.67. The lowest BCUT2D eigenvalue weighted by molar-refractivity contribution is 0.0927. The fourth-order valence-electron chi connectivity index (χ4n) is 2.19. The van der Waals surface area contributed by atoms with Gasteiger partial charge in [-0.2, -0.15) is 0 Å². The molecule has 0 aliphatic heterocycles. The van der Waals surface area contributed by atoms with Crippen LogP contribution in [0.1, 0.15) is 42.5 Å². The molecule has 2 rings (SSSR count). The zero-order chi connectivity index (χ0) is 12.3. The molecule has 92 valence electrons. The fourth-order valence-corrected chi connectivity index (χ4v) is 2.81. The maximum atomic E-state index is 12.1. The first-order valence-corrected chi connectivity index (χ1v) is 7.10. The Morgan fingerprint density at radius 3 is 2.71 bits per heavy atom. The van der Waals surface area contributed by atoms with E-state index in [0.29, 0.717) is 21.1 Å². The van der Waals surface area contributed by atoms with Gasteiger partial charge in [0.15, 0.2) is 0 Å². The van der Waals surface area contributed by atoms with E-state index in [1.165, 1.54) is 19.3 Å². The highest BCUT2D eigenvalue weighted by Gasteiger charge is 2.18. The van der Waals surface area contributed by atoms with E-state index in [1.54, 1.807) is 18.2 Å². The molecular weight excluding hydrogens is 302 g/mol. The molecule has 1 saturated carbocycles. The molecule has 0 heterocycles. The SMILES string of the molecule is O=C(NC1CCCCC1)c1cccc(Cl)c1Br. The van der Waals surface area contributed by atoms with Crippen LogP contribution in [-0.2, 0) is 0 Å². The maximum Gasteiger partial charge on any atom is 0.252 e. The Balaban J connectivity index is 2.06. The Morgan fingerprint density at radius 2 is 2.00 bits per heavy atom. The summed E-state index contributed by atoms with van der Waals surface area (Å²) in [5, 5.41) is 3.65. The van der Waals surface area contributed by atoms with Crippen molar-refractivity contribution in [3.8, 4) is 0 Å². The highest BCUT2D eigenvalue weighted by Crippen LogP contribution is 2.26. The van der Waals surface area contributed by atoms with Crippen molar-refractivity contribution in [2.45, 2.75) is 38.1 Å². The number of benzene rings is 1. The smallest absolute Gasteiger partial charge is 0.252 e. The van der Waals surface area contributed by atoms with Crippen molar-refractivity contribution in [3.63, 3.8) is 0 Å². The van der Waals surface area contributed by atoms with Crippen LogP contribution in [0, 0.1) is 0 Å². The van der Waals surface area contributed by atoms with Gasteiger partial charge in [0.05, 0.1) is 10.6 Å². The van der Waals surface area contributed by atoms with Crippen molar-refractivity contribution in [2.75, 3.05) is 0 Å². The van der Waals surface area contributed by atoms with Gasteiger partial charge in [-0.05, 0) is 40.9 Å². The van der Waals surface area contributed by atoms with Crippen LogP contribution >= 0.6 is 27.5 Å². The number of carbonyl (C=O) groups excluding carboxylic acids is 1. The van der Waals surface area contributed by atoms with Crippen LogP contribution in [0.3, 0.4) is 0 Å². The van der Waals surface area contributed by atoms with Gasteiger partial charge < -0.3 is 5.32 Å². The lowest BCUT2D eigenvalue weighted by Gasteiger charge is -2.23. The molecule has 1 aromatic carbocycles. The molecular formula is C13H15BrClNO. The van der Waals surface area contributed by atoms with Crippen LogP contribution in [-0.4, -0.2) is 11.9 Å². The summed E-state index contributed by atoms with van der Waals surface area (Å²) < 4.78 is 0.676. The van der Waals surface area contributed by atoms with Gasteiger partial charge in [0.2, 0.25) is 0 Å². The fraction of sp³-hybridized carbons (Fsp3) is 0.462. The second kappa shape index (κ2) is 5.87. The first kappa shape index (κ1) is 12.9. The predicted octanol–water partition coefficient (Wildman–Crippen LogP) is 4.17. The molecule has 0 unspecified atom stereocenters. The summed E-state index contributed by atoms with van der Waals surface area (Å²) in [5.41, 5.74) is 0.614. The van der Waals surface area contributed by atoms with Crippen LogP contribution in [0.15, 0.2) is 22.7 Å². The number of hydrogen-bond donors (Lipinski definition) is 1. The second-order valence-electron chi connectivity index (χ2n) is 4.41. The average Bonchev–Trinajstić information content (AvgIpc) is 2.34. The van der Waals surface area contributed by atoms with E-state index in [1.807, 2.05) is 0 Å². The molecule has 0 radical (unpaired) electrons. The van der Waals surface area contributed by atoms with E-state index in [9.17, 15) is 4.79 Å². The van der Waals surface area contributed by atoms with E-state index in [4.69, 9.17) is 11.6 Å². The Kier molecular flexibility index (Phi) is 4.46. The van der Waals surface area contributed by atoms with Crippen molar-refractivity contribution >= 4 is 33.4 Å². The van der Waals surface area contributed by atoms with Crippen LogP contribution in [0.5, 0.6) is 0 Å². The normalized spacial score (nSPS) is 16.8.